The van der Waals surface area contributed by atoms with Gasteiger partial charge < -0.3 is 49.7 Å². The Hall–Kier alpha value is -3.29. The van der Waals surface area contributed by atoms with Gasteiger partial charge in [-0.2, -0.15) is 11.8 Å². The van der Waals surface area contributed by atoms with Crippen molar-refractivity contribution in [3.63, 3.8) is 0 Å². The van der Waals surface area contributed by atoms with Crippen LogP contribution in [-0.4, -0.2) is 151 Å². The summed E-state index contributed by atoms with van der Waals surface area (Å²) < 4.78 is 23.9. The van der Waals surface area contributed by atoms with Crippen molar-refractivity contribution in [2.75, 3.05) is 98.2 Å². The molecule has 0 bridgehead atoms. The lowest BCUT2D eigenvalue weighted by Gasteiger charge is -2.16. The zero-order chi connectivity index (χ0) is 53.5. The molecule has 0 saturated carbocycles. The molecular formula is C49H102N4O13S. The molecule has 0 aromatic carbocycles. The number of carbonyl (C=O) groups is 8. The van der Waals surface area contributed by atoms with Gasteiger partial charge in [0, 0.05) is 84.6 Å². The van der Waals surface area contributed by atoms with Crippen molar-refractivity contribution in [2.45, 2.75) is 174 Å². The summed E-state index contributed by atoms with van der Waals surface area (Å²) in [5.74, 6) is 1.60. The van der Waals surface area contributed by atoms with Gasteiger partial charge in [0.1, 0.15) is 31.4 Å². The third-order valence-electron chi connectivity index (χ3n) is 7.36. The van der Waals surface area contributed by atoms with E-state index in [2.05, 4.69) is 53.0 Å². The number of nitrogens with one attached hydrogen (secondary N) is 4. The van der Waals surface area contributed by atoms with Crippen LogP contribution in [0.25, 0.3) is 0 Å². The summed E-state index contributed by atoms with van der Waals surface area (Å²) in [6.45, 7) is 33.6. The first-order chi connectivity index (χ1) is 31.7. The molecule has 0 heterocycles. The topological polar surface area (TPSA) is 231 Å². The highest BCUT2D eigenvalue weighted by atomic mass is 32.2. The van der Waals surface area contributed by atoms with Crippen molar-refractivity contribution >= 4 is 58.6 Å². The van der Waals surface area contributed by atoms with Crippen LogP contribution in [0.5, 0.6) is 0 Å². The zero-order valence-electron chi connectivity index (χ0n) is 45.6. The van der Waals surface area contributed by atoms with E-state index in [0.717, 1.165) is 58.4 Å². The lowest BCUT2D eigenvalue weighted by atomic mass is 10.1. The van der Waals surface area contributed by atoms with E-state index >= 15 is 0 Å². The van der Waals surface area contributed by atoms with Crippen molar-refractivity contribution in [3.8, 4) is 0 Å². The molecule has 0 aliphatic rings. The minimum Gasteiger partial charge on any atom is -0.466 e. The summed E-state index contributed by atoms with van der Waals surface area (Å²) in [6.07, 6.45) is 9.88. The minimum absolute atomic E-state index is 0.0110. The van der Waals surface area contributed by atoms with Crippen molar-refractivity contribution in [1.29, 1.82) is 0 Å². The smallest absolute Gasteiger partial charge is 0.302 e. The van der Waals surface area contributed by atoms with Crippen molar-refractivity contribution in [2.24, 2.45) is 0 Å². The van der Waals surface area contributed by atoms with Crippen LogP contribution >= 0.6 is 11.8 Å². The molecule has 67 heavy (non-hydrogen) atoms. The standard InChI is InChI=1S/C13H26N2O2.C7H13NO3.2C7H14O2.C5H10O2.C4H8O2.C3H9N.C3H8S/c1-4-11(15-13(17)6-3)9-7-8-10-14-12(16)5-2;1-3-8-7(10)5-11-4-6(2)9;1-3-9-6-4-5-7(2)8;1-3-7(8)5-6-9-4-2;1-3-7-4-5(2)6;1-3-6-4(2)5;2*1-3-4-2/h11H,4-10H2,1-3H3,(H,14,16)(H,15,17);3-5H2,1-2H3,(H,8,10);2*3-6H2,1-2H3;3-4H2,1-2H3;3H2,1-2H3;4H,3H2,1-2H3;3H2,1-2H3. The number of amides is 3. The van der Waals surface area contributed by atoms with Gasteiger partial charge in [-0.05, 0) is 113 Å². The van der Waals surface area contributed by atoms with E-state index in [4.69, 9.17) is 18.9 Å². The minimum atomic E-state index is -0.211. The molecular weight excluding hydrogens is 885 g/mol. The number of hydrogen-bond donors (Lipinski definition) is 4. The van der Waals surface area contributed by atoms with Crippen molar-refractivity contribution in [1.82, 2.24) is 21.3 Å². The van der Waals surface area contributed by atoms with E-state index in [9.17, 15) is 38.4 Å². The average Bonchev–Trinajstić information content (AvgIpc) is 3.30. The van der Waals surface area contributed by atoms with Gasteiger partial charge in [0.05, 0.1) is 13.2 Å². The van der Waals surface area contributed by atoms with Gasteiger partial charge >= 0.3 is 5.97 Å². The number of Topliss-reactive ketones (excluding diaryl/α,β-unsaturated/α-hetero) is 4. The van der Waals surface area contributed by atoms with Crippen LogP contribution in [0.1, 0.15) is 168 Å². The summed E-state index contributed by atoms with van der Waals surface area (Å²) in [5.41, 5.74) is 0. The quantitative estimate of drug-likeness (QED) is 0.0409. The number of likely N-dealkylation sites (N-methyl/N-ethyl adjacent to an activating group) is 1. The molecule has 4 N–H and O–H groups in total. The van der Waals surface area contributed by atoms with Gasteiger partial charge in [-0.25, -0.2) is 0 Å². The van der Waals surface area contributed by atoms with E-state index in [0.29, 0.717) is 65.1 Å². The van der Waals surface area contributed by atoms with Crippen LogP contribution in [-0.2, 0) is 62.0 Å². The van der Waals surface area contributed by atoms with Crippen LogP contribution in [0.4, 0.5) is 0 Å². The number of rotatable bonds is 30. The zero-order valence-corrected chi connectivity index (χ0v) is 46.4. The first-order valence-electron chi connectivity index (χ1n) is 24.2. The largest absolute Gasteiger partial charge is 0.466 e. The number of ketones is 4. The number of carbonyl (C=O) groups excluding carboxylic acids is 8. The van der Waals surface area contributed by atoms with Crippen LogP contribution in [0.15, 0.2) is 0 Å². The molecule has 0 aliphatic carbocycles. The molecule has 0 fully saturated rings. The van der Waals surface area contributed by atoms with Crippen LogP contribution < -0.4 is 21.3 Å². The summed E-state index contributed by atoms with van der Waals surface area (Å²) >= 11 is 1.86. The number of ether oxygens (including phenoxy) is 5. The SMILES string of the molecule is CCC(=O)NCCCCC(CC)NC(=O)CC.CCNC.CCNC(=O)COCC(C)=O.CCOC(C)=O.CCOCC(C)=O.CCOCCC(=O)CC.CCOCCCC(C)=O.CCSC. The summed E-state index contributed by atoms with van der Waals surface area (Å²) in [5, 5.41) is 11.3. The van der Waals surface area contributed by atoms with Gasteiger partial charge in [-0.15, -0.1) is 0 Å². The van der Waals surface area contributed by atoms with Crippen molar-refractivity contribution < 1.29 is 62.0 Å². The highest BCUT2D eigenvalue weighted by Crippen LogP contribution is 2.04. The Labute approximate surface area is 412 Å². The van der Waals surface area contributed by atoms with E-state index in [-0.39, 0.29) is 72.7 Å². The van der Waals surface area contributed by atoms with E-state index < -0.39 is 0 Å². The predicted molar refractivity (Wildman–Crippen MR) is 276 cm³/mol. The Kier molecular flexibility index (Phi) is 89.5. The summed E-state index contributed by atoms with van der Waals surface area (Å²) in [6, 6.07) is 0.282. The van der Waals surface area contributed by atoms with Gasteiger partial charge in [-0.3, -0.25) is 33.6 Å². The number of thioether (sulfide) groups is 1. The Morgan fingerprint density at radius 3 is 1.37 bits per heavy atom. The Morgan fingerprint density at radius 1 is 0.522 bits per heavy atom. The Morgan fingerprint density at radius 2 is 1.03 bits per heavy atom. The molecule has 1 unspecified atom stereocenters. The lowest BCUT2D eigenvalue weighted by molar-refractivity contribution is -0.140. The third kappa shape index (κ3) is 111. The predicted octanol–water partition coefficient (Wildman–Crippen LogP) is 7.28. The maximum Gasteiger partial charge on any atom is 0.302 e. The first-order valence-corrected chi connectivity index (χ1v) is 25.5. The molecule has 0 aromatic rings. The monoisotopic (exact) mass is 987 g/mol. The summed E-state index contributed by atoms with van der Waals surface area (Å²) in [7, 11) is 1.93. The van der Waals surface area contributed by atoms with Gasteiger partial charge in [0.2, 0.25) is 17.7 Å². The maximum atomic E-state index is 11.2. The number of unbranched alkanes of at least 4 members (excludes halogenated alkanes) is 1. The third-order valence-corrected chi connectivity index (χ3v) is 7.94. The second-order valence-corrected chi connectivity index (χ2v) is 14.9. The van der Waals surface area contributed by atoms with E-state index in [1.54, 1.807) is 13.8 Å². The van der Waals surface area contributed by atoms with Crippen LogP contribution in [0.2, 0.25) is 0 Å². The fourth-order valence-electron chi connectivity index (χ4n) is 3.64. The summed E-state index contributed by atoms with van der Waals surface area (Å²) in [4.78, 5) is 84.1. The highest BCUT2D eigenvalue weighted by Gasteiger charge is 2.08. The second kappa shape index (κ2) is 74.3. The second-order valence-electron chi connectivity index (χ2n) is 13.8. The average molecular weight is 987 g/mol. The van der Waals surface area contributed by atoms with Gasteiger partial charge in [0.25, 0.3) is 0 Å². The molecule has 0 rings (SSSR count). The highest BCUT2D eigenvalue weighted by molar-refractivity contribution is 7.98. The van der Waals surface area contributed by atoms with E-state index in [1.807, 2.05) is 67.3 Å². The molecule has 18 heteroatoms. The molecule has 0 aromatic heterocycles. The van der Waals surface area contributed by atoms with Crippen LogP contribution in [0, 0.1) is 0 Å². The molecule has 0 spiro atoms. The Balaban J connectivity index is -0.000000103. The fourth-order valence-corrected chi connectivity index (χ4v) is 3.64. The Bertz CT molecular complexity index is 1110. The molecule has 402 valence electrons. The van der Waals surface area contributed by atoms with Gasteiger partial charge in [-0.1, -0.05) is 41.5 Å². The molecule has 17 nitrogen and oxygen atoms in total. The molecule has 0 radical (unpaired) electrons. The fraction of sp³-hybridized carbons (Fsp3) is 0.837. The van der Waals surface area contributed by atoms with Crippen molar-refractivity contribution in [3.05, 3.63) is 0 Å². The first kappa shape index (κ1) is 80.7. The molecule has 0 saturated heterocycles. The number of esters is 1. The van der Waals surface area contributed by atoms with Gasteiger partial charge in [0.15, 0.2) is 11.6 Å². The number of hydrogen-bond acceptors (Lipinski definition) is 15. The molecule has 3 amide bonds. The molecule has 0 aliphatic heterocycles. The maximum absolute atomic E-state index is 11.2. The van der Waals surface area contributed by atoms with Crippen LogP contribution in [0.3, 0.4) is 0 Å². The molecule has 1 atom stereocenters. The normalized spacial score (nSPS) is 9.63. The van der Waals surface area contributed by atoms with E-state index in [1.165, 1.54) is 26.5 Å². The lowest BCUT2D eigenvalue weighted by Crippen LogP contribution is -2.34.